The van der Waals surface area contributed by atoms with Crippen LogP contribution in [0.5, 0.6) is 0 Å². The van der Waals surface area contributed by atoms with E-state index in [1.165, 1.54) is 18.2 Å². The zero-order valence-corrected chi connectivity index (χ0v) is 12.8. The van der Waals surface area contributed by atoms with Crippen LogP contribution in [0.25, 0.3) is 0 Å². The summed E-state index contributed by atoms with van der Waals surface area (Å²) >= 11 is 10.5. The first-order valence-corrected chi connectivity index (χ1v) is 7.80. The third kappa shape index (κ3) is 3.66. The maximum absolute atomic E-state index is 13.1. The summed E-state index contributed by atoms with van der Waals surface area (Å²) in [6, 6.07) is 6.03. The Hall–Kier alpha value is -1.77. The van der Waals surface area contributed by atoms with Gasteiger partial charge >= 0.3 is 0 Å². The lowest BCUT2D eigenvalue weighted by Crippen LogP contribution is -2.16. The van der Waals surface area contributed by atoms with Gasteiger partial charge in [0.05, 0.1) is 16.4 Å². The van der Waals surface area contributed by atoms with Gasteiger partial charge in [-0.3, -0.25) is 9.71 Å². The Kier molecular flexibility index (Phi) is 4.40. The van der Waals surface area contributed by atoms with Gasteiger partial charge in [-0.2, -0.15) is 0 Å². The van der Waals surface area contributed by atoms with E-state index in [1.807, 2.05) is 0 Å². The monoisotopic (exact) mass is 345 g/mol. The molecule has 2 rings (SSSR count). The molecule has 0 aliphatic carbocycles. The highest BCUT2D eigenvalue weighted by Gasteiger charge is 2.17. The second-order valence-electron chi connectivity index (χ2n) is 3.97. The third-order valence-electron chi connectivity index (χ3n) is 2.47. The lowest BCUT2D eigenvalue weighted by Gasteiger charge is -2.09. The minimum atomic E-state index is -3.94. The first kappa shape index (κ1) is 15.6. The molecule has 1 heterocycles. The summed E-state index contributed by atoms with van der Waals surface area (Å²) in [6.07, 6.45) is 1.10. The van der Waals surface area contributed by atoms with E-state index in [9.17, 15) is 12.8 Å². The normalized spacial score (nSPS) is 11.1. The van der Waals surface area contributed by atoms with Crippen LogP contribution in [0.4, 0.5) is 10.1 Å². The molecule has 21 heavy (non-hydrogen) atoms. The number of sulfonamides is 1. The van der Waals surface area contributed by atoms with Gasteiger partial charge in [-0.05, 0) is 30.3 Å². The summed E-state index contributed by atoms with van der Waals surface area (Å²) in [5.74, 6) is -0.612. The van der Waals surface area contributed by atoms with Gasteiger partial charge in [0.15, 0.2) is 0 Å². The summed E-state index contributed by atoms with van der Waals surface area (Å²) in [4.78, 5) is 3.77. The Morgan fingerprint density at radius 1 is 1.33 bits per heavy atom. The van der Waals surface area contributed by atoms with Crippen LogP contribution >= 0.6 is 23.8 Å². The molecule has 5 nitrogen and oxygen atoms in total. The number of nitrogens with two attached hydrogens (primary N) is 1. The minimum absolute atomic E-state index is 0.0556. The molecule has 0 bridgehead atoms. The first-order valence-electron chi connectivity index (χ1n) is 5.53. The number of hydrogen-bond donors (Lipinski definition) is 2. The quantitative estimate of drug-likeness (QED) is 0.830. The number of benzene rings is 1. The molecule has 2 aromatic rings. The second-order valence-corrected chi connectivity index (χ2v) is 6.50. The predicted molar refractivity (Wildman–Crippen MR) is 82.3 cm³/mol. The van der Waals surface area contributed by atoms with Gasteiger partial charge in [-0.25, -0.2) is 12.8 Å². The predicted octanol–water partition coefficient (Wildman–Crippen LogP) is 2.31. The van der Waals surface area contributed by atoms with Crippen molar-refractivity contribution in [2.75, 3.05) is 4.72 Å². The molecule has 0 saturated carbocycles. The van der Waals surface area contributed by atoms with Crippen LogP contribution in [0.3, 0.4) is 0 Å². The van der Waals surface area contributed by atoms with E-state index in [1.54, 1.807) is 0 Å². The summed E-state index contributed by atoms with van der Waals surface area (Å²) in [5.41, 5.74) is 5.62. The molecule has 0 atom stereocenters. The molecule has 0 spiro atoms. The van der Waals surface area contributed by atoms with Crippen molar-refractivity contribution in [1.82, 2.24) is 4.98 Å². The molecule has 110 valence electrons. The number of rotatable bonds is 4. The summed E-state index contributed by atoms with van der Waals surface area (Å²) in [5, 5.41) is 0.0766. The van der Waals surface area contributed by atoms with Gasteiger partial charge in [0.25, 0.3) is 10.0 Å². The van der Waals surface area contributed by atoms with Crippen LogP contribution < -0.4 is 10.5 Å². The van der Waals surface area contributed by atoms with Gasteiger partial charge in [0.1, 0.15) is 15.7 Å². The zero-order valence-electron chi connectivity index (χ0n) is 10.4. The average Bonchev–Trinajstić information content (AvgIpc) is 2.43. The fourth-order valence-corrected chi connectivity index (χ4v) is 2.82. The van der Waals surface area contributed by atoms with Crippen molar-refractivity contribution < 1.29 is 12.8 Å². The Morgan fingerprint density at radius 3 is 2.62 bits per heavy atom. The number of nitrogens with zero attached hydrogens (tertiary/aromatic N) is 1. The molecular formula is C12H9ClFN3O2S2. The van der Waals surface area contributed by atoms with Crippen molar-refractivity contribution in [3.63, 3.8) is 0 Å². The number of anilines is 1. The molecule has 0 radical (unpaired) electrons. The second kappa shape index (κ2) is 5.92. The van der Waals surface area contributed by atoms with E-state index in [2.05, 4.69) is 9.71 Å². The van der Waals surface area contributed by atoms with Crippen LogP contribution in [0, 0.1) is 5.82 Å². The van der Waals surface area contributed by atoms with Crippen molar-refractivity contribution in [3.8, 4) is 0 Å². The Balaban J connectivity index is 2.34. The molecule has 1 aromatic heterocycles. The van der Waals surface area contributed by atoms with Crippen molar-refractivity contribution in [3.05, 3.63) is 53.1 Å². The molecule has 0 fully saturated rings. The summed E-state index contributed by atoms with van der Waals surface area (Å²) in [6.45, 7) is 0. The van der Waals surface area contributed by atoms with Gasteiger partial charge in [0.2, 0.25) is 0 Å². The lowest BCUT2D eigenvalue weighted by atomic mass is 10.3. The SMILES string of the molecule is NC(=S)c1ccc(S(=O)(=O)Nc2cc(F)ccc2Cl)cn1. The lowest BCUT2D eigenvalue weighted by molar-refractivity contribution is 0.600. The van der Waals surface area contributed by atoms with Gasteiger partial charge in [0, 0.05) is 6.20 Å². The fraction of sp³-hybridized carbons (Fsp3) is 0. The maximum atomic E-state index is 13.1. The van der Waals surface area contributed by atoms with Crippen molar-refractivity contribution in [2.24, 2.45) is 5.73 Å². The highest BCUT2D eigenvalue weighted by Crippen LogP contribution is 2.25. The molecule has 0 aliphatic rings. The number of pyridine rings is 1. The number of nitrogens with one attached hydrogen (secondary N) is 1. The average molecular weight is 346 g/mol. The van der Waals surface area contributed by atoms with Crippen molar-refractivity contribution in [1.29, 1.82) is 0 Å². The van der Waals surface area contributed by atoms with E-state index in [-0.39, 0.29) is 20.6 Å². The van der Waals surface area contributed by atoms with E-state index in [0.29, 0.717) is 5.69 Å². The number of hydrogen-bond acceptors (Lipinski definition) is 4. The van der Waals surface area contributed by atoms with Crippen LogP contribution in [0.2, 0.25) is 5.02 Å². The smallest absolute Gasteiger partial charge is 0.263 e. The summed E-state index contributed by atoms with van der Waals surface area (Å²) in [7, 11) is -3.94. The van der Waals surface area contributed by atoms with Gasteiger partial charge < -0.3 is 5.73 Å². The Bertz CT molecular complexity index is 795. The molecule has 1 aromatic carbocycles. The number of aromatic nitrogens is 1. The largest absolute Gasteiger partial charge is 0.388 e. The van der Waals surface area contributed by atoms with Crippen molar-refractivity contribution in [2.45, 2.75) is 4.90 Å². The molecule has 0 unspecified atom stereocenters. The van der Waals surface area contributed by atoms with E-state index in [0.717, 1.165) is 18.3 Å². The number of halogens is 2. The van der Waals surface area contributed by atoms with Gasteiger partial charge in [-0.1, -0.05) is 23.8 Å². The van der Waals surface area contributed by atoms with Crippen LogP contribution in [-0.2, 0) is 10.0 Å². The Morgan fingerprint density at radius 2 is 2.05 bits per heavy atom. The third-order valence-corrected chi connectivity index (χ3v) is 4.36. The molecular weight excluding hydrogens is 337 g/mol. The highest BCUT2D eigenvalue weighted by atomic mass is 35.5. The Labute approximate surface area is 131 Å². The van der Waals surface area contributed by atoms with E-state index < -0.39 is 15.8 Å². The van der Waals surface area contributed by atoms with Crippen molar-refractivity contribution >= 4 is 44.5 Å². The topological polar surface area (TPSA) is 85.1 Å². The molecule has 0 amide bonds. The molecule has 9 heteroatoms. The van der Waals surface area contributed by atoms with Gasteiger partial charge in [-0.15, -0.1) is 0 Å². The maximum Gasteiger partial charge on any atom is 0.263 e. The van der Waals surface area contributed by atoms with Crippen LogP contribution in [0.1, 0.15) is 5.69 Å². The van der Waals surface area contributed by atoms with E-state index in [4.69, 9.17) is 29.6 Å². The van der Waals surface area contributed by atoms with Crippen LogP contribution in [0.15, 0.2) is 41.4 Å². The van der Waals surface area contributed by atoms with E-state index >= 15 is 0 Å². The molecule has 3 N–H and O–H groups in total. The van der Waals surface area contributed by atoms with Crippen LogP contribution in [-0.4, -0.2) is 18.4 Å². The molecule has 0 aliphatic heterocycles. The zero-order chi connectivity index (χ0) is 15.6. The standard InChI is InChI=1S/C12H9ClFN3O2S2/c13-9-3-1-7(14)5-11(9)17-21(18,19)8-2-4-10(12(15)20)16-6-8/h1-6,17H,(H2,15,20). The highest BCUT2D eigenvalue weighted by molar-refractivity contribution is 7.92. The summed E-state index contributed by atoms with van der Waals surface area (Å²) < 4.78 is 39.6. The number of thiocarbonyl (C=S) groups is 1. The fourth-order valence-electron chi connectivity index (χ4n) is 1.46. The minimum Gasteiger partial charge on any atom is -0.388 e. The first-order chi connectivity index (χ1) is 9.79. The molecule has 0 saturated heterocycles.